The second kappa shape index (κ2) is 10.6. The van der Waals surface area contributed by atoms with Crippen molar-refractivity contribution >= 4 is 52.1 Å². The largest absolute Gasteiger partial charge is 0.388 e. The molecular formula is C28H30Cl2N4O3S. The Morgan fingerprint density at radius 2 is 1.95 bits per heavy atom. The second-order valence-electron chi connectivity index (χ2n) is 10.3. The number of carbonyl (C=O) groups is 2. The minimum atomic E-state index is -0.721. The molecule has 0 aliphatic carbocycles. The number of rotatable bonds is 6. The average Bonchev–Trinajstić information content (AvgIpc) is 3.57. The van der Waals surface area contributed by atoms with Crippen LogP contribution in [0, 0.1) is 11.8 Å². The van der Waals surface area contributed by atoms with Crippen molar-refractivity contribution in [1.29, 1.82) is 0 Å². The number of carbonyl (C=O) groups excluding carboxylic acids is 2. The molecule has 4 atom stereocenters. The Balaban J connectivity index is 1.54. The van der Waals surface area contributed by atoms with Crippen LogP contribution in [-0.2, 0) is 19.9 Å². The lowest BCUT2D eigenvalue weighted by Gasteiger charge is -2.36. The number of fused-ring (bicyclic) bond motifs is 1. The van der Waals surface area contributed by atoms with E-state index in [4.69, 9.17) is 32.9 Å². The lowest BCUT2D eigenvalue weighted by atomic mass is 9.81. The molecule has 5 rings (SSSR count). The number of pyridine rings is 1. The van der Waals surface area contributed by atoms with Crippen LogP contribution in [0.15, 0.2) is 58.2 Å². The van der Waals surface area contributed by atoms with Crippen molar-refractivity contribution < 1.29 is 14.3 Å². The first-order valence-electron chi connectivity index (χ1n) is 12.8. The first kappa shape index (κ1) is 27.2. The quantitative estimate of drug-likeness (QED) is 0.255. The fourth-order valence-corrected chi connectivity index (χ4v) is 7.14. The van der Waals surface area contributed by atoms with E-state index in [1.165, 1.54) is 11.8 Å². The van der Waals surface area contributed by atoms with E-state index in [0.717, 1.165) is 36.2 Å². The number of nitrogens with one attached hydrogen (secondary N) is 1. The number of ether oxygens (including phenoxy) is 1. The Morgan fingerprint density at radius 1 is 1.21 bits per heavy atom. The molecule has 0 radical (unpaired) electrons. The Bertz CT molecular complexity index is 1310. The van der Waals surface area contributed by atoms with E-state index in [1.54, 1.807) is 12.3 Å². The van der Waals surface area contributed by atoms with Gasteiger partial charge in [-0.25, -0.2) is 19.6 Å². The van der Waals surface area contributed by atoms with Crippen molar-refractivity contribution in [1.82, 2.24) is 15.2 Å². The van der Waals surface area contributed by atoms with Gasteiger partial charge in [-0.3, -0.25) is 0 Å². The van der Waals surface area contributed by atoms with E-state index in [-0.39, 0.29) is 17.9 Å². The van der Waals surface area contributed by atoms with E-state index in [1.807, 2.05) is 51.1 Å². The molecule has 0 saturated carbocycles. The molecule has 7 nitrogen and oxygen atoms in total. The van der Waals surface area contributed by atoms with Gasteiger partial charge in [0.05, 0.1) is 6.04 Å². The summed E-state index contributed by atoms with van der Waals surface area (Å²) in [6, 6.07) is 10.6. The van der Waals surface area contributed by atoms with Crippen LogP contribution in [0.1, 0.15) is 57.7 Å². The third-order valence-electron chi connectivity index (χ3n) is 7.56. The van der Waals surface area contributed by atoms with Crippen molar-refractivity contribution in [3.63, 3.8) is 0 Å². The molecule has 200 valence electrons. The summed E-state index contributed by atoms with van der Waals surface area (Å²) in [6.07, 6.45) is 3.49. The molecule has 0 unspecified atom stereocenters. The predicted molar refractivity (Wildman–Crippen MR) is 151 cm³/mol. The van der Waals surface area contributed by atoms with Crippen LogP contribution in [0.3, 0.4) is 0 Å². The van der Waals surface area contributed by atoms with Gasteiger partial charge in [-0.15, -0.1) is 0 Å². The maximum absolute atomic E-state index is 13.4. The number of aliphatic imine (C=N–C) groups is 1. The van der Waals surface area contributed by atoms with Gasteiger partial charge in [-0.2, -0.15) is 0 Å². The second-order valence-corrected chi connectivity index (χ2v) is 12.1. The molecule has 4 heterocycles. The third kappa shape index (κ3) is 4.76. The average molecular weight is 574 g/mol. The van der Waals surface area contributed by atoms with Crippen LogP contribution < -0.4 is 5.32 Å². The number of halogens is 2. The molecule has 38 heavy (non-hydrogen) atoms. The Hall–Kier alpha value is -2.39. The van der Waals surface area contributed by atoms with E-state index in [9.17, 15) is 9.59 Å². The lowest BCUT2D eigenvalue weighted by Crippen LogP contribution is -2.38. The number of thioether (sulfide) groups is 1. The summed E-state index contributed by atoms with van der Waals surface area (Å²) in [6.45, 7) is 8.89. The van der Waals surface area contributed by atoms with Crippen molar-refractivity contribution in [2.45, 2.75) is 58.2 Å². The van der Waals surface area contributed by atoms with E-state index in [0.29, 0.717) is 20.2 Å². The van der Waals surface area contributed by atoms with Gasteiger partial charge >= 0.3 is 11.9 Å². The van der Waals surface area contributed by atoms with Crippen LogP contribution >= 0.6 is 35.0 Å². The summed E-state index contributed by atoms with van der Waals surface area (Å²) in [5.74, 6) is -1.02. The normalized spacial score (nSPS) is 26.7. The van der Waals surface area contributed by atoms with Gasteiger partial charge in [-0.1, -0.05) is 68.6 Å². The zero-order valence-corrected chi connectivity index (χ0v) is 24.0. The van der Waals surface area contributed by atoms with Gasteiger partial charge in [0.2, 0.25) is 0 Å². The zero-order chi connectivity index (χ0) is 27.2. The summed E-state index contributed by atoms with van der Waals surface area (Å²) >= 11 is 13.6. The smallest absolute Gasteiger partial charge is 0.354 e. The van der Waals surface area contributed by atoms with Crippen molar-refractivity contribution in [2.75, 3.05) is 6.54 Å². The topological polar surface area (TPSA) is 83.9 Å². The van der Waals surface area contributed by atoms with E-state index in [2.05, 4.69) is 22.1 Å². The standard InChI is InChI=1S/C28H30Cl2N4O3S/c1-5-16-12-13-31-21(16)25(35)37-26(36)23-22(15(2)3)34-24(17-6-9-19(29)10-7-17)28(4,33-27(34)38-23)18-8-11-20(30)32-14-18/h6-11,14-16,21,24,31H,5,12-13H2,1-4H3/t16-,21+,24-,28+/m1/s1. The molecule has 1 aromatic heterocycles. The van der Waals surface area contributed by atoms with Gasteiger partial charge in [0, 0.05) is 22.5 Å². The minimum absolute atomic E-state index is 0.0404. The van der Waals surface area contributed by atoms with Crippen molar-refractivity contribution in [2.24, 2.45) is 16.8 Å². The fourth-order valence-electron chi connectivity index (χ4n) is 5.62. The number of aromatic nitrogens is 1. The molecule has 3 aliphatic heterocycles. The van der Waals surface area contributed by atoms with Crippen LogP contribution in [0.2, 0.25) is 10.2 Å². The maximum atomic E-state index is 13.4. The molecule has 10 heteroatoms. The van der Waals surface area contributed by atoms with Crippen LogP contribution in [0.4, 0.5) is 0 Å². The summed E-state index contributed by atoms with van der Waals surface area (Å²) in [5.41, 5.74) is 1.94. The van der Waals surface area contributed by atoms with Gasteiger partial charge < -0.3 is 15.0 Å². The molecule has 0 spiro atoms. The van der Waals surface area contributed by atoms with Gasteiger partial charge in [-0.05, 0) is 67.2 Å². The SMILES string of the molecule is CC[C@@H]1CCN[C@@H]1C(=O)OC(=O)C1=C(C(C)C)N2C(=N[C@@](C)(c3ccc(Cl)nc3)[C@H]2c2ccc(Cl)cc2)S1. The first-order valence-corrected chi connectivity index (χ1v) is 14.4. The van der Waals surface area contributed by atoms with Gasteiger partial charge in [0.25, 0.3) is 0 Å². The highest BCUT2D eigenvalue weighted by Gasteiger charge is 2.53. The lowest BCUT2D eigenvalue weighted by molar-refractivity contribution is -0.158. The molecule has 3 aliphatic rings. The fraction of sp³-hybridized carbons (Fsp3) is 0.429. The van der Waals surface area contributed by atoms with E-state index < -0.39 is 23.5 Å². The van der Waals surface area contributed by atoms with Gasteiger partial charge in [0.1, 0.15) is 21.6 Å². The minimum Gasteiger partial charge on any atom is -0.388 e. The van der Waals surface area contributed by atoms with Crippen molar-refractivity contribution in [3.05, 3.63) is 74.5 Å². The molecule has 0 bridgehead atoms. The summed E-state index contributed by atoms with van der Waals surface area (Å²) < 4.78 is 5.46. The molecule has 1 saturated heterocycles. The number of esters is 2. The molecule has 0 amide bonds. The molecular weight excluding hydrogens is 543 g/mol. The van der Waals surface area contributed by atoms with Crippen LogP contribution in [0.25, 0.3) is 0 Å². The first-order chi connectivity index (χ1) is 18.1. The molecule has 1 N–H and O–H groups in total. The van der Waals surface area contributed by atoms with Crippen LogP contribution in [0.5, 0.6) is 0 Å². The Kier molecular flexibility index (Phi) is 7.61. The number of hydrogen-bond acceptors (Lipinski definition) is 8. The maximum Gasteiger partial charge on any atom is 0.354 e. The monoisotopic (exact) mass is 572 g/mol. The van der Waals surface area contributed by atoms with Crippen LogP contribution in [-0.4, -0.2) is 39.6 Å². The molecule has 2 aromatic rings. The number of hydrogen-bond donors (Lipinski definition) is 1. The predicted octanol–water partition coefficient (Wildman–Crippen LogP) is 6.09. The van der Waals surface area contributed by atoms with Gasteiger partial charge in [0.15, 0.2) is 5.17 Å². The highest BCUT2D eigenvalue weighted by molar-refractivity contribution is 8.18. The Morgan fingerprint density at radius 3 is 2.58 bits per heavy atom. The summed E-state index contributed by atoms with van der Waals surface area (Å²) in [5, 5.41) is 4.89. The van der Waals surface area contributed by atoms with Crippen molar-refractivity contribution in [3.8, 4) is 0 Å². The highest BCUT2D eigenvalue weighted by atomic mass is 35.5. The number of benzene rings is 1. The zero-order valence-electron chi connectivity index (χ0n) is 21.7. The summed E-state index contributed by atoms with van der Waals surface area (Å²) in [4.78, 5) is 38.3. The third-order valence-corrected chi connectivity index (χ3v) is 9.09. The molecule has 1 aromatic carbocycles. The summed E-state index contributed by atoms with van der Waals surface area (Å²) in [7, 11) is 0. The van der Waals surface area contributed by atoms with E-state index >= 15 is 0 Å². The number of nitrogens with zero attached hydrogens (tertiary/aromatic N) is 3. The highest BCUT2D eigenvalue weighted by Crippen LogP contribution is 2.56. The number of amidine groups is 1. The molecule has 1 fully saturated rings. The number of allylic oxidation sites excluding steroid dienone is 1. The Labute approximate surface area is 237 Å².